The topological polar surface area (TPSA) is 74.6 Å². The first-order chi connectivity index (χ1) is 15.8. The van der Waals surface area contributed by atoms with Gasteiger partial charge < -0.3 is 9.80 Å². The predicted octanol–water partition coefficient (Wildman–Crippen LogP) is 3.33. The number of carbonyl (C=O) groups is 2. The van der Waals surface area contributed by atoms with Crippen LogP contribution in [0.5, 0.6) is 0 Å². The highest BCUT2D eigenvalue weighted by molar-refractivity contribution is 6.31. The molecule has 2 aliphatic rings. The molecule has 3 aromatic rings. The number of piperazine rings is 1. The van der Waals surface area contributed by atoms with Crippen LogP contribution in [0.4, 0.5) is 11.4 Å². The van der Waals surface area contributed by atoms with Gasteiger partial charge in [-0.2, -0.15) is 5.10 Å². The molecule has 0 bridgehead atoms. The largest absolute Gasteiger partial charge is 0.367 e. The number of fused-ring (bicyclic) bond motifs is 1. The van der Waals surface area contributed by atoms with E-state index in [2.05, 4.69) is 15.0 Å². The van der Waals surface area contributed by atoms with Gasteiger partial charge in [-0.1, -0.05) is 11.6 Å². The number of aryl methyl sites for hydroxylation is 1. The number of carbonyl (C=O) groups excluding carboxylic acids is 2. The second-order valence-corrected chi connectivity index (χ2v) is 9.41. The molecule has 2 amide bonds. The highest BCUT2D eigenvalue weighted by Crippen LogP contribution is 2.43. The van der Waals surface area contributed by atoms with Gasteiger partial charge in [0, 0.05) is 50.0 Å². The zero-order valence-corrected chi connectivity index (χ0v) is 19.6. The van der Waals surface area contributed by atoms with Crippen LogP contribution in [-0.4, -0.2) is 57.7 Å². The standard InChI is InChI=1S/C24H25ClN6O2/c1-24(2)21-10-17(25)4-5-20(21)23(33)31(24)19-11-18(13-26-14-19)29-6-8-30(9-7-29)22(32)16-12-27-28(3)15-16/h4-5,10-15H,6-9H2,1-3H3. The van der Waals surface area contributed by atoms with E-state index in [9.17, 15) is 9.59 Å². The number of nitrogens with zero attached hydrogens (tertiary/aromatic N) is 6. The van der Waals surface area contributed by atoms with Crippen molar-refractivity contribution in [1.29, 1.82) is 0 Å². The number of benzene rings is 1. The summed E-state index contributed by atoms with van der Waals surface area (Å²) in [7, 11) is 1.80. The van der Waals surface area contributed by atoms with E-state index in [1.54, 1.807) is 53.5 Å². The molecule has 0 spiro atoms. The van der Waals surface area contributed by atoms with Crippen molar-refractivity contribution in [3.05, 3.63) is 70.8 Å². The number of rotatable bonds is 3. The fraction of sp³-hybridized carbons (Fsp3) is 0.333. The van der Waals surface area contributed by atoms with Crippen LogP contribution in [-0.2, 0) is 12.6 Å². The van der Waals surface area contributed by atoms with Crippen LogP contribution in [0, 0.1) is 0 Å². The number of pyridine rings is 1. The maximum atomic E-state index is 13.3. The van der Waals surface area contributed by atoms with E-state index in [1.807, 2.05) is 30.9 Å². The van der Waals surface area contributed by atoms with Crippen molar-refractivity contribution in [2.24, 2.45) is 7.05 Å². The first-order valence-corrected chi connectivity index (χ1v) is 11.3. The monoisotopic (exact) mass is 464 g/mol. The maximum Gasteiger partial charge on any atom is 0.259 e. The molecule has 0 saturated carbocycles. The van der Waals surface area contributed by atoms with Gasteiger partial charge in [-0.15, -0.1) is 0 Å². The van der Waals surface area contributed by atoms with E-state index in [1.165, 1.54) is 0 Å². The SMILES string of the molecule is Cn1cc(C(=O)N2CCN(c3cncc(N4C(=O)c5ccc(Cl)cc5C4(C)C)c3)CC2)cn1. The zero-order chi connectivity index (χ0) is 23.3. The molecule has 4 heterocycles. The molecule has 0 atom stereocenters. The van der Waals surface area contributed by atoms with Gasteiger partial charge in [-0.3, -0.25) is 24.2 Å². The molecule has 33 heavy (non-hydrogen) atoms. The van der Waals surface area contributed by atoms with E-state index >= 15 is 0 Å². The van der Waals surface area contributed by atoms with Crippen LogP contribution in [0.1, 0.15) is 40.1 Å². The summed E-state index contributed by atoms with van der Waals surface area (Å²) in [6.45, 7) is 6.62. The average molecular weight is 465 g/mol. The van der Waals surface area contributed by atoms with Crippen LogP contribution in [0.2, 0.25) is 5.02 Å². The Morgan fingerprint density at radius 3 is 2.45 bits per heavy atom. The van der Waals surface area contributed by atoms with Crippen molar-refractivity contribution in [3.63, 3.8) is 0 Å². The third kappa shape index (κ3) is 3.64. The lowest BCUT2D eigenvalue weighted by Gasteiger charge is -2.37. The summed E-state index contributed by atoms with van der Waals surface area (Å²) in [4.78, 5) is 36.2. The van der Waals surface area contributed by atoms with E-state index in [0.29, 0.717) is 42.3 Å². The predicted molar refractivity (Wildman–Crippen MR) is 127 cm³/mol. The molecule has 1 aromatic carbocycles. The molecule has 0 radical (unpaired) electrons. The number of anilines is 2. The molecule has 0 aliphatic carbocycles. The van der Waals surface area contributed by atoms with Crippen molar-refractivity contribution in [2.75, 3.05) is 36.0 Å². The number of halogens is 1. The summed E-state index contributed by atoms with van der Waals surface area (Å²) in [5, 5.41) is 4.70. The molecular formula is C24H25ClN6O2. The van der Waals surface area contributed by atoms with Gasteiger partial charge >= 0.3 is 0 Å². The van der Waals surface area contributed by atoms with Gasteiger partial charge in [0.25, 0.3) is 11.8 Å². The van der Waals surface area contributed by atoms with E-state index in [4.69, 9.17) is 11.6 Å². The van der Waals surface area contributed by atoms with Gasteiger partial charge in [0.2, 0.25) is 0 Å². The summed E-state index contributed by atoms with van der Waals surface area (Å²) in [6, 6.07) is 7.40. The van der Waals surface area contributed by atoms with Gasteiger partial charge in [-0.25, -0.2) is 0 Å². The Labute approximate surface area is 197 Å². The average Bonchev–Trinajstić information content (AvgIpc) is 3.32. The van der Waals surface area contributed by atoms with E-state index in [0.717, 1.165) is 16.9 Å². The highest BCUT2D eigenvalue weighted by Gasteiger charge is 2.44. The normalized spacial score (nSPS) is 17.5. The van der Waals surface area contributed by atoms with E-state index < -0.39 is 5.54 Å². The first-order valence-electron chi connectivity index (χ1n) is 10.9. The van der Waals surface area contributed by atoms with Gasteiger partial charge in [0.05, 0.1) is 41.1 Å². The van der Waals surface area contributed by atoms with Gasteiger partial charge in [0.15, 0.2) is 0 Å². The number of hydrogen-bond donors (Lipinski definition) is 0. The van der Waals surface area contributed by atoms with Crippen LogP contribution in [0.3, 0.4) is 0 Å². The third-order valence-electron chi connectivity index (χ3n) is 6.48. The Bertz CT molecular complexity index is 1250. The molecule has 2 aliphatic heterocycles. The van der Waals surface area contributed by atoms with E-state index in [-0.39, 0.29) is 11.8 Å². The molecule has 8 nitrogen and oxygen atoms in total. The minimum absolute atomic E-state index is 0.00420. The molecule has 2 aromatic heterocycles. The lowest BCUT2D eigenvalue weighted by Crippen LogP contribution is -2.48. The lowest BCUT2D eigenvalue weighted by molar-refractivity contribution is 0.0746. The fourth-order valence-electron chi connectivity index (χ4n) is 4.74. The van der Waals surface area contributed by atoms with Gasteiger partial charge in [-0.05, 0) is 43.7 Å². The number of amides is 2. The summed E-state index contributed by atoms with van der Waals surface area (Å²) >= 11 is 6.21. The molecule has 5 rings (SSSR count). The molecule has 1 fully saturated rings. The summed E-state index contributed by atoms with van der Waals surface area (Å²) in [5.41, 5.74) is 3.29. The fourth-order valence-corrected chi connectivity index (χ4v) is 4.91. The third-order valence-corrected chi connectivity index (χ3v) is 6.72. The Morgan fingerprint density at radius 2 is 1.76 bits per heavy atom. The van der Waals surface area contributed by atoms with Gasteiger partial charge in [0.1, 0.15) is 0 Å². The van der Waals surface area contributed by atoms with Crippen molar-refractivity contribution in [2.45, 2.75) is 19.4 Å². The molecule has 0 unspecified atom stereocenters. The molecule has 0 N–H and O–H groups in total. The summed E-state index contributed by atoms with van der Waals surface area (Å²) in [5.74, 6) is -0.0621. The molecular weight excluding hydrogens is 440 g/mol. The lowest BCUT2D eigenvalue weighted by atomic mass is 9.93. The Balaban J connectivity index is 1.34. The zero-order valence-electron chi connectivity index (χ0n) is 18.8. The maximum absolute atomic E-state index is 13.3. The quantitative estimate of drug-likeness (QED) is 0.594. The highest BCUT2D eigenvalue weighted by atomic mass is 35.5. The Hall–Kier alpha value is -3.39. The summed E-state index contributed by atoms with van der Waals surface area (Å²) < 4.78 is 1.63. The van der Waals surface area contributed by atoms with Crippen LogP contribution in [0.25, 0.3) is 0 Å². The van der Waals surface area contributed by atoms with Crippen molar-refractivity contribution in [1.82, 2.24) is 19.7 Å². The molecule has 9 heteroatoms. The number of aromatic nitrogens is 3. The minimum Gasteiger partial charge on any atom is -0.367 e. The minimum atomic E-state index is -0.549. The first kappa shape index (κ1) is 21.5. The Morgan fingerprint density at radius 1 is 1.03 bits per heavy atom. The van der Waals surface area contributed by atoms with Crippen molar-refractivity contribution in [3.8, 4) is 0 Å². The second-order valence-electron chi connectivity index (χ2n) is 8.97. The van der Waals surface area contributed by atoms with Crippen molar-refractivity contribution >= 4 is 34.8 Å². The second kappa shape index (κ2) is 7.88. The molecule has 170 valence electrons. The van der Waals surface area contributed by atoms with Crippen LogP contribution in [0.15, 0.2) is 49.1 Å². The molecule has 1 saturated heterocycles. The van der Waals surface area contributed by atoms with Crippen molar-refractivity contribution < 1.29 is 9.59 Å². The van der Waals surface area contributed by atoms with Crippen LogP contribution >= 0.6 is 11.6 Å². The Kier molecular flexibility index (Phi) is 5.12. The number of hydrogen-bond acceptors (Lipinski definition) is 5. The smallest absolute Gasteiger partial charge is 0.259 e. The summed E-state index contributed by atoms with van der Waals surface area (Å²) in [6.07, 6.45) is 6.86. The van der Waals surface area contributed by atoms with Crippen LogP contribution < -0.4 is 9.80 Å².